The number of amides is 2. The zero-order valence-electron chi connectivity index (χ0n) is 14.3. The van der Waals surface area contributed by atoms with Crippen molar-refractivity contribution < 1.29 is 23.9 Å². The number of hydrogen-bond acceptors (Lipinski definition) is 5. The Morgan fingerprint density at radius 3 is 2.50 bits per heavy atom. The molecule has 0 heterocycles. The second-order valence-corrected chi connectivity index (χ2v) is 5.25. The van der Waals surface area contributed by atoms with Gasteiger partial charge in [-0.1, -0.05) is 12.1 Å². The average molecular weight is 336 g/mol. The topological polar surface area (TPSA) is 93.7 Å². The van der Waals surface area contributed by atoms with Gasteiger partial charge in [-0.3, -0.25) is 9.59 Å². The minimum absolute atomic E-state index is 0.128. The van der Waals surface area contributed by atoms with Crippen molar-refractivity contribution in [2.45, 2.75) is 33.3 Å². The van der Waals surface area contributed by atoms with E-state index in [0.717, 1.165) is 0 Å². The van der Waals surface area contributed by atoms with E-state index in [1.807, 2.05) is 13.8 Å². The van der Waals surface area contributed by atoms with Crippen LogP contribution in [0.25, 0.3) is 0 Å². The smallest absolute Gasteiger partial charge is 0.340 e. The van der Waals surface area contributed by atoms with Gasteiger partial charge in [0.05, 0.1) is 24.0 Å². The van der Waals surface area contributed by atoms with Crippen LogP contribution in [-0.4, -0.2) is 43.6 Å². The molecule has 0 aliphatic heterocycles. The van der Waals surface area contributed by atoms with E-state index in [0.29, 0.717) is 19.6 Å². The van der Waals surface area contributed by atoms with Gasteiger partial charge in [-0.25, -0.2) is 4.79 Å². The maximum absolute atomic E-state index is 11.9. The molecule has 0 aliphatic carbocycles. The van der Waals surface area contributed by atoms with Crippen molar-refractivity contribution in [3.8, 4) is 0 Å². The van der Waals surface area contributed by atoms with Gasteiger partial charge in [0.1, 0.15) is 0 Å². The molecule has 0 bridgehead atoms. The highest BCUT2D eigenvalue weighted by atomic mass is 16.5. The molecule has 0 aromatic heterocycles. The van der Waals surface area contributed by atoms with Crippen molar-refractivity contribution in [2.24, 2.45) is 0 Å². The predicted octanol–water partition coefficient (Wildman–Crippen LogP) is 1.73. The van der Waals surface area contributed by atoms with Crippen molar-refractivity contribution in [3.05, 3.63) is 29.8 Å². The van der Waals surface area contributed by atoms with Crippen LogP contribution in [0.4, 0.5) is 5.69 Å². The first-order chi connectivity index (χ1) is 11.5. The second-order valence-electron chi connectivity index (χ2n) is 5.25. The number of benzene rings is 1. The normalized spacial score (nSPS) is 10.3. The number of para-hydroxylation sites is 1. The quantitative estimate of drug-likeness (QED) is 0.428. The molecule has 0 unspecified atom stereocenters. The Labute approximate surface area is 141 Å². The molecule has 0 radical (unpaired) electrons. The standard InChI is InChI=1S/C17H24N2O5/c1-4-23-17(22)13-8-5-6-9-14(13)19-16(21)15(20)18-10-7-11-24-12(2)3/h5-6,8-9,12H,4,7,10-11H2,1-3H3,(H,18,20)(H,19,21). The lowest BCUT2D eigenvalue weighted by Crippen LogP contribution is -2.36. The molecular weight excluding hydrogens is 312 g/mol. The number of ether oxygens (including phenoxy) is 2. The lowest BCUT2D eigenvalue weighted by Gasteiger charge is -2.11. The first-order valence-corrected chi connectivity index (χ1v) is 7.92. The lowest BCUT2D eigenvalue weighted by molar-refractivity contribution is -0.136. The van der Waals surface area contributed by atoms with Crippen LogP contribution < -0.4 is 10.6 Å². The number of carbonyl (C=O) groups is 3. The van der Waals surface area contributed by atoms with Crippen molar-refractivity contribution in [1.82, 2.24) is 5.32 Å². The van der Waals surface area contributed by atoms with Crippen LogP contribution in [0.15, 0.2) is 24.3 Å². The Morgan fingerprint density at radius 2 is 1.83 bits per heavy atom. The number of nitrogens with one attached hydrogen (secondary N) is 2. The molecule has 24 heavy (non-hydrogen) atoms. The molecular formula is C17H24N2O5. The van der Waals surface area contributed by atoms with Crippen molar-refractivity contribution in [2.75, 3.05) is 25.1 Å². The average Bonchev–Trinajstić information content (AvgIpc) is 2.54. The lowest BCUT2D eigenvalue weighted by atomic mass is 10.2. The van der Waals surface area contributed by atoms with Crippen LogP contribution in [-0.2, 0) is 19.1 Å². The molecule has 0 saturated heterocycles. The molecule has 132 valence electrons. The largest absolute Gasteiger partial charge is 0.462 e. The Kier molecular flexibility index (Phi) is 8.49. The van der Waals surface area contributed by atoms with E-state index in [4.69, 9.17) is 9.47 Å². The van der Waals surface area contributed by atoms with Gasteiger partial charge in [-0.2, -0.15) is 0 Å². The van der Waals surface area contributed by atoms with Crippen LogP contribution in [0.3, 0.4) is 0 Å². The summed E-state index contributed by atoms with van der Waals surface area (Å²) in [5.41, 5.74) is 0.435. The van der Waals surface area contributed by atoms with E-state index in [1.54, 1.807) is 19.1 Å². The number of hydrogen-bond donors (Lipinski definition) is 2. The van der Waals surface area contributed by atoms with Gasteiger partial charge in [0.2, 0.25) is 0 Å². The fraction of sp³-hybridized carbons (Fsp3) is 0.471. The van der Waals surface area contributed by atoms with Gasteiger partial charge < -0.3 is 20.1 Å². The minimum atomic E-state index is -0.837. The third kappa shape index (κ3) is 6.78. The highest BCUT2D eigenvalue weighted by Gasteiger charge is 2.18. The van der Waals surface area contributed by atoms with Crippen molar-refractivity contribution in [3.63, 3.8) is 0 Å². The van der Waals surface area contributed by atoms with Gasteiger partial charge >= 0.3 is 17.8 Å². The van der Waals surface area contributed by atoms with Crippen LogP contribution >= 0.6 is 0 Å². The van der Waals surface area contributed by atoms with E-state index >= 15 is 0 Å². The third-order valence-corrected chi connectivity index (χ3v) is 2.93. The van der Waals surface area contributed by atoms with E-state index in [-0.39, 0.29) is 24.0 Å². The molecule has 7 heteroatoms. The number of anilines is 1. The van der Waals surface area contributed by atoms with E-state index < -0.39 is 17.8 Å². The summed E-state index contributed by atoms with van der Waals surface area (Å²) in [7, 11) is 0. The summed E-state index contributed by atoms with van der Waals surface area (Å²) >= 11 is 0. The summed E-state index contributed by atoms with van der Waals surface area (Å²) in [4.78, 5) is 35.5. The molecule has 2 amide bonds. The summed E-state index contributed by atoms with van der Waals surface area (Å²) in [5.74, 6) is -2.16. The highest BCUT2D eigenvalue weighted by molar-refractivity contribution is 6.40. The Bertz CT molecular complexity index is 572. The minimum Gasteiger partial charge on any atom is -0.462 e. The van der Waals surface area contributed by atoms with Gasteiger partial charge in [-0.15, -0.1) is 0 Å². The maximum atomic E-state index is 11.9. The number of carbonyl (C=O) groups excluding carboxylic acids is 3. The van der Waals surface area contributed by atoms with Gasteiger partial charge in [0, 0.05) is 13.2 Å². The molecule has 0 atom stereocenters. The van der Waals surface area contributed by atoms with Crippen LogP contribution in [0.5, 0.6) is 0 Å². The summed E-state index contributed by atoms with van der Waals surface area (Å²) in [6, 6.07) is 6.36. The molecule has 1 aromatic carbocycles. The second kappa shape index (κ2) is 10.4. The summed E-state index contributed by atoms with van der Waals surface area (Å²) in [6.45, 7) is 6.60. The fourth-order valence-corrected chi connectivity index (χ4v) is 1.83. The summed E-state index contributed by atoms with van der Waals surface area (Å²) in [6.07, 6.45) is 0.736. The maximum Gasteiger partial charge on any atom is 0.340 e. The van der Waals surface area contributed by atoms with E-state index in [9.17, 15) is 14.4 Å². The fourth-order valence-electron chi connectivity index (χ4n) is 1.83. The van der Waals surface area contributed by atoms with E-state index in [2.05, 4.69) is 10.6 Å². The zero-order valence-corrected chi connectivity index (χ0v) is 14.3. The number of rotatable bonds is 8. The molecule has 1 rings (SSSR count). The van der Waals surface area contributed by atoms with E-state index in [1.165, 1.54) is 12.1 Å². The Morgan fingerprint density at radius 1 is 1.12 bits per heavy atom. The highest BCUT2D eigenvalue weighted by Crippen LogP contribution is 2.16. The molecule has 0 spiro atoms. The molecule has 2 N–H and O–H groups in total. The monoisotopic (exact) mass is 336 g/mol. The third-order valence-electron chi connectivity index (χ3n) is 2.93. The molecule has 1 aromatic rings. The van der Waals surface area contributed by atoms with Gasteiger partial charge in [0.25, 0.3) is 0 Å². The molecule has 0 aliphatic rings. The first kappa shape index (κ1) is 19.6. The van der Waals surface area contributed by atoms with Gasteiger partial charge in [0.15, 0.2) is 0 Å². The SMILES string of the molecule is CCOC(=O)c1ccccc1NC(=O)C(=O)NCCCOC(C)C. The van der Waals surface area contributed by atoms with Crippen LogP contribution in [0.1, 0.15) is 37.6 Å². The first-order valence-electron chi connectivity index (χ1n) is 7.92. The number of esters is 1. The van der Waals surface area contributed by atoms with Crippen LogP contribution in [0.2, 0.25) is 0 Å². The summed E-state index contributed by atoms with van der Waals surface area (Å²) < 4.78 is 10.3. The Hall–Kier alpha value is -2.41. The Balaban J connectivity index is 2.52. The zero-order chi connectivity index (χ0) is 17.9. The molecule has 7 nitrogen and oxygen atoms in total. The summed E-state index contributed by atoms with van der Waals surface area (Å²) in [5, 5.41) is 4.93. The van der Waals surface area contributed by atoms with Crippen molar-refractivity contribution in [1.29, 1.82) is 0 Å². The predicted molar refractivity (Wildman–Crippen MR) is 89.7 cm³/mol. The van der Waals surface area contributed by atoms with Gasteiger partial charge in [-0.05, 0) is 39.3 Å². The molecule has 0 saturated carbocycles. The van der Waals surface area contributed by atoms with Crippen LogP contribution in [0, 0.1) is 0 Å². The van der Waals surface area contributed by atoms with Crippen molar-refractivity contribution >= 4 is 23.5 Å². The molecule has 0 fully saturated rings.